The number of benzene rings is 2. The Balaban J connectivity index is 1.72. The topological polar surface area (TPSA) is 40.6 Å². The van der Waals surface area contributed by atoms with Crippen LogP contribution in [0.15, 0.2) is 30.3 Å². The van der Waals surface area contributed by atoms with E-state index < -0.39 is 28.9 Å². The van der Waals surface area contributed by atoms with Crippen LogP contribution in [-0.2, 0) is 0 Å². The molecule has 0 unspecified atom stereocenters. The molecule has 0 spiro atoms. The van der Waals surface area contributed by atoms with Crippen molar-refractivity contribution in [3.05, 3.63) is 70.0 Å². The Bertz CT molecular complexity index is 930. The van der Waals surface area contributed by atoms with Crippen molar-refractivity contribution in [2.45, 2.75) is 20.3 Å². The number of halogens is 3. The van der Waals surface area contributed by atoms with E-state index in [0.29, 0.717) is 25.1 Å². The number of rotatable bonds is 2. The summed E-state index contributed by atoms with van der Waals surface area (Å²) in [6, 6.07) is 7.18. The van der Waals surface area contributed by atoms with Crippen LogP contribution in [0.25, 0.3) is 0 Å². The van der Waals surface area contributed by atoms with Crippen molar-refractivity contribution in [2.75, 3.05) is 26.2 Å². The maximum atomic E-state index is 13.9. The average molecular weight is 390 g/mol. The molecule has 0 atom stereocenters. The van der Waals surface area contributed by atoms with Gasteiger partial charge in [0, 0.05) is 31.7 Å². The van der Waals surface area contributed by atoms with Crippen molar-refractivity contribution in [3.8, 4) is 0 Å². The lowest BCUT2D eigenvalue weighted by Crippen LogP contribution is -2.37. The van der Waals surface area contributed by atoms with Gasteiger partial charge >= 0.3 is 0 Å². The molecule has 2 aromatic rings. The van der Waals surface area contributed by atoms with Crippen LogP contribution >= 0.6 is 0 Å². The zero-order chi connectivity index (χ0) is 20.4. The number of aryl methyl sites for hydroxylation is 2. The first-order valence-corrected chi connectivity index (χ1v) is 9.09. The van der Waals surface area contributed by atoms with E-state index in [0.717, 1.165) is 23.3 Å². The van der Waals surface area contributed by atoms with Crippen LogP contribution in [0.1, 0.15) is 38.3 Å². The van der Waals surface area contributed by atoms with E-state index in [1.807, 2.05) is 26.0 Å². The molecule has 1 fully saturated rings. The quantitative estimate of drug-likeness (QED) is 0.734. The van der Waals surface area contributed by atoms with Gasteiger partial charge in [0.25, 0.3) is 11.8 Å². The highest BCUT2D eigenvalue weighted by molar-refractivity contribution is 5.95. The fourth-order valence-electron chi connectivity index (χ4n) is 3.24. The molecular weight excluding hydrogens is 369 g/mol. The predicted molar refractivity (Wildman–Crippen MR) is 98.7 cm³/mol. The minimum Gasteiger partial charge on any atom is -0.337 e. The Morgan fingerprint density at radius 3 is 2.07 bits per heavy atom. The Hall–Kier alpha value is -2.83. The Morgan fingerprint density at radius 1 is 0.786 bits per heavy atom. The van der Waals surface area contributed by atoms with Gasteiger partial charge in [0.1, 0.15) is 0 Å². The monoisotopic (exact) mass is 390 g/mol. The van der Waals surface area contributed by atoms with Gasteiger partial charge in [0.05, 0.1) is 5.56 Å². The molecule has 0 aromatic heterocycles. The van der Waals surface area contributed by atoms with Gasteiger partial charge in [-0.3, -0.25) is 9.59 Å². The third kappa shape index (κ3) is 3.88. The molecule has 1 aliphatic heterocycles. The molecule has 1 heterocycles. The summed E-state index contributed by atoms with van der Waals surface area (Å²) in [6.45, 7) is 5.13. The molecule has 0 saturated carbocycles. The van der Waals surface area contributed by atoms with Crippen LogP contribution in [0, 0.1) is 31.3 Å². The molecule has 2 aromatic carbocycles. The summed E-state index contributed by atoms with van der Waals surface area (Å²) in [4.78, 5) is 28.3. The summed E-state index contributed by atoms with van der Waals surface area (Å²) in [7, 11) is 0. The third-order valence-electron chi connectivity index (χ3n) is 5.09. The zero-order valence-corrected chi connectivity index (χ0v) is 15.8. The van der Waals surface area contributed by atoms with Gasteiger partial charge in [-0.2, -0.15) is 0 Å². The van der Waals surface area contributed by atoms with Gasteiger partial charge in [0.15, 0.2) is 17.5 Å². The molecule has 148 valence electrons. The van der Waals surface area contributed by atoms with Crippen molar-refractivity contribution in [2.24, 2.45) is 0 Å². The molecule has 4 nitrogen and oxygen atoms in total. The summed E-state index contributed by atoms with van der Waals surface area (Å²) >= 11 is 0. The van der Waals surface area contributed by atoms with E-state index >= 15 is 0 Å². The fraction of sp³-hybridized carbons (Fsp3) is 0.333. The number of nitrogens with zero attached hydrogens (tertiary/aromatic N) is 2. The molecular formula is C21H21F3N2O2. The molecule has 0 radical (unpaired) electrons. The molecule has 1 aliphatic rings. The summed E-state index contributed by atoms with van der Waals surface area (Å²) in [5.41, 5.74) is 2.19. The summed E-state index contributed by atoms with van der Waals surface area (Å²) in [5.74, 6) is -5.33. The van der Waals surface area contributed by atoms with Crippen LogP contribution in [0.4, 0.5) is 13.2 Å². The average Bonchev–Trinajstić information content (AvgIpc) is 2.93. The molecule has 1 saturated heterocycles. The highest BCUT2D eigenvalue weighted by Crippen LogP contribution is 2.19. The largest absolute Gasteiger partial charge is 0.337 e. The number of carbonyl (C=O) groups excluding carboxylic acids is 2. The number of hydrogen-bond acceptors (Lipinski definition) is 2. The lowest BCUT2D eigenvalue weighted by Gasteiger charge is -2.23. The normalized spacial score (nSPS) is 14.8. The summed E-state index contributed by atoms with van der Waals surface area (Å²) in [6.07, 6.45) is 0.508. The highest BCUT2D eigenvalue weighted by atomic mass is 19.2. The first kappa shape index (κ1) is 19.9. The molecule has 7 heteroatoms. The lowest BCUT2D eigenvalue weighted by molar-refractivity contribution is 0.0715. The predicted octanol–water partition coefficient (Wildman–Crippen LogP) is 3.71. The Labute approximate surface area is 161 Å². The van der Waals surface area contributed by atoms with Gasteiger partial charge in [-0.1, -0.05) is 6.07 Å². The number of hydrogen-bond donors (Lipinski definition) is 0. The van der Waals surface area contributed by atoms with Crippen LogP contribution in [0.3, 0.4) is 0 Å². The molecule has 0 bridgehead atoms. The van der Waals surface area contributed by atoms with Gasteiger partial charge in [-0.05, 0) is 55.7 Å². The summed E-state index contributed by atoms with van der Waals surface area (Å²) in [5, 5.41) is 0. The molecule has 3 rings (SSSR count). The minimum atomic E-state index is -1.66. The smallest absolute Gasteiger partial charge is 0.257 e. The number of amides is 2. The lowest BCUT2D eigenvalue weighted by atomic mass is 10.1. The first-order valence-electron chi connectivity index (χ1n) is 9.09. The minimum absolute atomic E-state index is 0.128. The van der Waals surface area contributed by atoms with Crippen molar-refractivity contribution in [1.29, 1.82) is 0 Å². The van der Waals surface area contributed by atoms with E-state index in [2.05, 4.69) is 0 Å². The SMILES string of the molecule is Cc1ccc(C(=O)N2CCCN(C(=O)c3ccc(F)c(F)c3F)CC2)cc1C. The number of carbonyl (C=O) groups is 2. The van der Waals surface area contributed by atoms with Crippen molar-refractivity contribution < 1.29 is 22.8 Å². The highest BCUT2D eigenvalue weighted by Gasteiger charge is 2.27. The van der Waals surface area contributed by atoms with E-state index in [1.165, 1.54) is 4.90 Å². The zero-order valence-electron chi connectivity index (χ0n) is 15.8. The Morgan fingerprint density at radius 2 is 1.43 bits per heavy atom. The maximum Gasteiger partial charge on any atom is 0.257 e. The van der Waals surface area contributed by atoms with Crippen molar-refractivity contribution >= 4 is 11.8 Å². The standard InChI is InChI=1S/C21H21F3N2O2/c1-13-4-5-15(12-14(13)2)20(27)25-8-3-9-26(11-10-25)21(28)16-6-7-17(22)19(24)18(16)23/h4-7,12H,3,8-11H2,1-2H3. The van der Waals surface area contributed by atoms with Crippen LogP contribution in [-0.4, -0.2) is 47.8 Å². The molecule has 0 N–H and O–H groups in total. The molecule has 0 aliphatic carbocycles. The van der Waals surface area contributed by atoms with Crippen molar-refractivity contribution in [1.82, 2.24) is 9.80 Å². The van der Waals surface area contributed by atoms with Gasteiger partial charge < -0.3 is 9.80 Å². The molecule has 28 heavy (non-hydrogen) atoms. The second-order valence-corrected chi connectivity index (χ2v) is 6.96. The maximum absolute atomic E-state index is 13.9. The fourth-order valence-corrected chi connectivity index (χ4v) is 3.24. The van der Waals surface area contributed by atoms with E-state index in [1.54, 1.807) is 11.0 Å². The van der Waals surface area contributed by atoms with Crippen molar-refractivity contribution in [3.63, 3.8) is 0 Å². The van der Waals surface area contributed by atoms with Gasteiger partial charge in [0.2, 0.25) is 0 Å². The Kier molecular flexibility index (Phi) is 5.72. The van der Waals surface area contributed by atoms with Gasteiger partial charge in [-0.15, -0.1) is 0 Å². The van der Waals surface area contributed by atoms with Crippen LogP contribution in [0.2, 0.25) is 0 Å². The van der Waals surface area contributed by atoms with E-state index in [-0.39, 0.29) is 19.0 Å². The third-order valence-corrected chi connectivity index (χ3v) is 5.09. The van der Waals surface area contributed by atoms with E-state index in [9.17, 15) is 22.8 Å². The second kappa shape index (κ2) is 8.04. The van der Waals surface area contributed by atoms with Gasteiger partial charge in [-0.25, -0.2) is 13.2 Å². The molecule has 2 amide bonds. The second-order valence-electron chi connectivity index (χ2n) is 6.96. The van der Waals surface area contributed by atoms with Crippen LogP contribution < -0.4 is 0 Å². The first-order chi connectivity index (χ1) is 13.3. The van der Waals surface area contributed by atoms with Crippen LogP contribution in [0.5, 0.6) is 0 Å². The summed E-state index contributed by atoms with van der Waals surface area (Å²) < 4.78 is 40.5. The van der Waals surface area contributed by atoms with E-state index in [4.69, 9.17) is 0 Å².